The Kier molecular flexibility index (Phi) is 3.24. The maximum atomic E-state index is 6.00. The van der Waals surface area contributed by atoms with Gasteiger partial charge in [-0.15, -0.1) is 0 Å². The lowest BCUT2D eigenvalue weighted by Crippen LogP contribution is -1.90. The van der Waals surface area contributed by atoms with Crippen molar-refractivity contribution in [1.82, 2.24) is 0 Å². The molecule has 0 aliphatic carbocycles. The molecule has 0 fully saturated rings. The Bertz CT molecular complexity index is 997. The van der Waals surface area contributed by atoms with E-state index in [0.717, 1.165) is 42.0 Å². The lowest BCUT2D eigenvalue weighted by molar-refractivity contribution is 0.669. The van der Waals surface area contributed by atoms with Crippen LogP contribution in [0, 0.1) is 0 Å². The van der Waals surface area contributed by atoms with Crippen LogP contribution in [0.5, 0.6) is 0 Å². The Labute approximate surface area is 144 Å². The second-order valence-corrected chi connectivity index (χ2v) is 6.84. The number of fused-ring (bicyclic) bond motifs is 3. The van der Waals surface area contributed by atoms with Gasteiger partial charge in [0.15, 0.2) is 0 Å². The van der Waals surface area contributed by atoms with E-state index in [9.17, 15) is 0 Å². The minimum Gasteiger partial charge on any atom is -0.456 e. The number of nitrogens with two attached hydrogens (primary N) is 1. The average Bonchev–Trinajstić information content (AvgIpc) is 2.90. The number of benzene rings is 3. The van der Waals surface area contributed by atoms with Crippen LogP contribution in [-0.2, 0) is 0 Å². The topological polar surface area (TPSA) is 39.2 Å². The second kappa shape index (κ2) is 5.14. The summed E-state index contributed by atoms with van der Waals surface area (Å²) in [5.74, 6) is 0. The molecule has 3 aromatic carbocycles. The highest BCUT2D eigenvalue weighted by Gasteiger charge is 2.13. The number of rotatable bonds is 1. The highest BCUT2D eigenvalue weighted by Crippen LogP contribution is 2.40. The first-order valence-corrected chi connectivity index (χ1v) is 8.39. The van der Waals surface area contributed by atoms with Crippen LogP contribution < -0.4 is 5.73 Å². The summed E-state index contributed by atoms with van der Waals surface area (Å²) in [5.41, 5.74) is 10.7. The first-order chi connectivity index (χ1) is 10.6. The van der Waals surface area contributed by atoms with Gasteiger partial charge >= 0.3 is 0 Å². The molecule has 0 radical (unpaired) electrons. The van der Waals surface area contributed by atoms with Gasteiger partial charge in [-0.1, -0.05) is 30.3 Å². The molecule has 4 aromatic rings. The molecule has 22 heavy (non-hydrogen) atoms. The van der Waals surface area contributed by atoms with Crippen LogP contribution in [0.1, 0.15) is 0 Å². The van der Waals surface area contributed by atoms with Crippen LogP contribution in [0.2, 0.25) is 0 Å². The quantitative estimate of drug-likeness (QED) is 0.366. The van der Waals surface area contributed by atoms with E-state index in [-0.39, 0.29) is 0 Å². The van der Waals surface area contributed by atoms with Crippen molar-refractivity contribution in [1.29, 1.82) is 0 Å². The predicted octanol–water partition coefficient (Wildman–Crippen LogP) is 6.36. The molecule has 108 valence electrons. The number of nitrogen functional groups attached to an aromatic ring is 1. The molecule has 2 nitrogen and oxygen atoms in total. The predicted molar refractivity (Wildman–Crippen MR) is 99.0 cm³/mol. The molecular formula is C18H11Br2NO. The van der Waals surface area contributed by atoms with Gasteiger partial charge in [0.1, 0.15) is 11.2 Å². The van der Waals surface area contributed by atoms with E-state index in [4.69, 9.17) is 10.2 Å². The summed E-state index contributed by atoms with van der Waals surface area (Å²) < 4.78 is 7.70. The molecule has 1 heterocycles. The minimum absolute atomic E-state index is 0.702. The zero-order chi connectivity index (χ0) is 15.3. The van der Waals surface area contributed by atoms with Gasteiger partial charge in [-0.05, 0) is 67.3 Å². The summed E-state index contributed by atoms with van der Waals surface area (Å²) in [6, 6.07) is 18.3. The summed E-state index contributed by atoms with van der Waals surface area (Å²) in [6.45, 7) is 0. The number of halogens is 2. The average molecular weight is 417 g/mol. The third-order valence-corrected chi connectivity index (χ3v) is 5.10. The molecule has 0 bridgehead atoms. The van der Waals surface area contributed by atoms with Crippen LogP contribution >= 0.6 is 31.9 Å². The van der Waals surface area contributed by atoms with E-state index in [2.05, 4.69) is 44.0 Å². The molecule has 0 saturated carbocycles. The molecule has 0 aliphatic rings. The van der Waals surface area contributed by atoms with Gasteiger partial charge < -0.3 is 10.2 Å². The highest BCUT2D eigenvalue weighted by atomic mass is 79.9. The number of furan rings is 1. The summed E-state index contributed by atoms with van der Waals surface area (Å²) in [7, 11) is 0. The molecule has 0 spiro atoms. The lowest BCUT2D eigenvalue weighted by Gasteiger charge is -2.08. The standard InChI is InChI=1S/C18H11Br2NO/c19-13-8-10(9-14(20)18(13)21)11-5-3-7-16-17(11)12-4-1-2-6-15(12)22-16/h1-9H,21H2. The van der Waals surface area contributed by atoms with Crippen LogP contribution in [0.15, 0.2) is 68.0 Å². The van der Waals surface area contributed by atoms with E-state index in [1.165, 1.54) is 0 Å². The molecule has 0 amide bonds. The largest absolute Gasteiger partial charge is 0.456 e. The van der Waals surface area contributed by atoms with Gasteiger partial charge in [0.05, 0.1) is 5.69 Å². The molecule has 0 saturated heterocycles. The molecule has 1 aromatic heterocycles. The number of para-hydroxylation sites is 1. The van der Waals surface area contributed by atoms with Crippen molar-refractivity contribution in [3.05, 3.63) is 63.5 Å². The van der Waals surface area contributed by atoms with Gasteiger partial charge in [0, 0.05) is 19.7 Å². The van der Waals surface area contributed by atoms with Crippen LogP contribution in [0.3, 0.4) is 0 Å². The number of hydrogen-bond acceptors (Lipinski definition) is 2. The molecule has 2 N–H and O–H groups in total. The molecule has 4 heteroatoms. The van der Waals surface area contributed by atoms with Crippen molar-refractivity contribution in [2.75, 3.05) is 5.73 Å². The normalized spacial score (nSPS) is 11.4. The maximum Gasteiger partial charge on any atom is 0.136 e. The van der Waals surface area contributed by atoms with E-state index in [1.807, 2.05) is 42.5 Å². The van der Waals surface area contributed by atoms with Crippen molar-refractivity contribution in [3.8, 4) is 11.1 Å². The van der Waals surface area contributed by atoms with Crippen molar-refractivity contribution in [3.63, 3.8) is 0 Å². The molecule has 4 rings (SSSR count). The Hall–Kier alpha value is -1.78. The fraction of sp³-hybridized carbons (Fsp3) is 0. The van der Waals surface area contributed by atoms with Crippen LogP contribution in [0.4, 0.5) is 5.69 Å². The van der Waals surface area contributed by atoms with Crippen LogP contribution in [0.25, 0.3) is 33.1 Å². The van der Waals surface area contributed by atoms with Gasteiger partial charge in [-0.2, -0.15) is 0 Å². The molecule has 0 aliphatic heterocycles. The minimum atomic E-state index is 0.702. The monoisotopic (exact) mass is 415 g/mol. The summed E-state index contributed by atoms with van der Waals surface area (Å²) >= 11 is 7.04. The number of anilines is 1. The number of hydrogen-bond donors (Lipinski definition) is 1. The van der Waals surface area contributed by atoms with E-state index in [0.29, 0.717) is 5.69 Å². The van der Waals surface area contributed by atoms with Gasteiger partial charge in [0.25, 0.3) is 0 Å². The van der Waals surface area contributed by atoms with E-state index in [1.54, 1.807) is 0 Å². The first kappa shape index (κ1) is 13.9. The smallest absolute Gasteiger partial charge is 0.136 e. The second-order valence-electron chi connectivity index (χ2n) is 5.13. The zero-order valence-corrected chi connectivity index (χ0v) is 14.6. The SMILES string of the molecule is Nc1c(Br)cc(-c2cccc3oc4ccccc4c23)cc1Br. The van der Waals surface area contributed by atoms with Crippen molar-refractivity contribution in [2.24, 2.45) is 0 Å². The van der Waals surface area contributed by atoms with E-state index >= 15 is 0 Å². The van der Waals surface area contributed by atoms with Gasteiger partial charge in [-0.25, -0.2) is 0 Å². The Morgan fingerprint density at radius 1 is 0.818 bits per heavy atom. The fourth-order valence-corrected chi connectivity index (χ4v) is 3.94. The maximum absolute atomic E-state index is 6.00. The Morgan fingerprint density at radius 3 is 2.27 bits per heavy atom. The summed E-state index contributed by atoms with van der Waals surface area (Å²) in [4.78, 5) is 0. The highest BCUT2D eigenvalue weighted by molar-refractivity contribution is 9.11. The summed E-state index contributed by atoms with van der Waals surface area (Å²) in [6.07, 6.45) is 0. The molecule has 0 atom stereocenters. The molecule has 0 unspecified atom stereocenters. The van der Waals surface area contributed by atoms with Gasteiger partial charge in [-0.3, -0.25) is 0 Å². The van der Waals surface area contributed by atoms with Gasteiger partial charge in [0.2, 0.25) is 0 Å². The first-order valence-electron chi connectivity index (χ1n) is 6.80. The van der Waals surface area contributed by atoms with Crippen molar-refractivity contribution >= 4 is 59.5 Å². The third-order valence-electron chi connectivity index (χ3n) is 3.79. The third kappa shape index (κ3) is 2.06. The van der Waals surface area contributed by atoms with Crippen molar-refractivity contribution in [2.45, 2.75) is 0 Å². The zero-order valence-electron chi connectivity index (χ0n) is 11.4. The molecular weight excluding hydrogens is 406 g/mol. The van der Waals surface area contributed by atoms with Crippen LogP contribution in [-0.4, -0.2) is 0 Å². The lowest BCUT2D eigenvalue weighted by atomic mass is 9.99. The van der Waals surface area contributed by atoms with Crippen molar-refractivity contribution < 1.29 is 4.42 Å². The Balaban J connectivity index is 2.11. The fourth-order valence-electron chi connectivity index (χ4n) is 2.75. The Morgan fingerprint density at radius 2 is 1.50 bits per heavy atom. The summed E-state index contributed by atoms with van der Waals surface area (Å²) in [5, 5.41) is 2.25. The van der Waals surface area contributed by atoms with E-state index < -0.39 is 0 Å².